The molecule has 0 spiro atoms. The second-order valence-electron chi connectivity index (χ2n) is 6.33. The number of ketones is 1. The number of aromatic hydroxyl groups is 1. The quantitative estimate of drug-likeness (QED) is 0.553. The summed E-state index contributed by atoms with van der Waals surface area (Å²) in [7, 11) is 0. The summed E-state index contributed by atoms with van der Waals surface area (Å²) in [4.78, 5) is 17.8. The lowest BCUT2D eigenvalue weighted by atomic mass is 9.81. The first-order chi connectivity index (χ1) is 12.2. The zero-order chi connectivity index (χ0) is 17.4. The third-order valence-corrected chi connectivity index (χ3v) is 4.71. The molecule has 0 saturated heterocycles. The van der Waals surface area contributed by atoms with Gasteiger partial charge >= 0.3 is 0 Å². The summed E-state index contributed by atoms with van der Waals surface area (Å²) in [6.45, 7) is 2.80. The Bertz CT molecular complexity index is 1020. The van der Waals surface area contributed by atoms with E-state index in [-0.39, 0.29) is 11.5 Å². The first-order valence-corrected chi connectivity index (χ1v) is 8.66. The van der Waals surface area contributed by atoms with Crippen LogP contribution in [0.5, 0.6) is 5.75 Å². The number of carbonyl (C=O) groups is 1. The van der Waals surface area contributed by atoms with Crippen LogP contribution in [0.4, 0.5) is 0 Å². The van der Waals surface area contributed by atoms with Gasteiger partial charge in [0.1, 0.15) is 5.75 Å². The molecule has 0 radical (unpaired) electrons. The fourth-order valence-electron chi connectivity index (χ4n) is 3.43. The van der Waals surface area contributed by atoms with Gasteiger partial charge in [0.2, 0.25) is 0 Å². The first kappa shape index (κ1) is 15.6. The molecule has 0 saturated carbocycles. The third-order valence-electron chi connectivity index (χ3n) is 4.71. The molecule has 3 aromatic carbocycles. The van der Waals surface area contributed by atoms with Crippen molar-refractivity contribution in [3.63, 3.8) is 0 Å². The van der Waals surface area contributed by atoms with Crippen LogP contribution < -0.4 is 0 Å². The standard InChI is InChI=1S/C22H19NO2/c1-2-3-12-23-20-16-10-6-7-11-17(16)21(24)18-13-14-8-4-5-9-15(14)22(25)19(18)20/h4-11,13,25H,2-3,12H2,1H3. The first-order valence-electron chi connectivity index (χ1n) is 8.66. The molecular weight excluding hydrogens is 310 g/mol. The minimum Gasteiger partial charge on any atom is -0.507 e. The van der Waals surface area contributed by atoms with Gasteiger partial charge in [0.15, 0.2) is 5.78 Å². The molecular formula is C22H19NO2. The monoisotopic (exact) mass is 329 g/mol. The van der Waals surface area contributed by atoms with Crippen molar-refractivity contribution in [2.24, 2.45) is 4.99 Å². The second kappa shape index (κ2) is 6.17. The Morgan fingerprint density at radius 1 is 0.960 bits per heavy atom. The van der Waals surface area contributed by atoms with Crippen molar-refractivity contribution < 1.29 is 9.90 Å². The van der Waals surface area contributed by atoms with E-state index in [2.05, 4.69) is 6.92 Å². The zero-order valence-electron chi connectivity index (χ0n) is 14.1. The van der Waals surface area contributed by atoms with Gasteiger partial charge in [-0.15, -0.1) is 0 Å². The topological polar surface area (TPSA) is 49.7 Å². The summed E-state index contributed by atoms with van der Waals surface area (Å²) < 4.78 is 0. The number of rotatable bonds is 3. The minimum atomic E-state index is -0.0545. The molecule has 124 valence electrons. The number of phenolic OH excluding ortho intramolecular Hbond substituents is 1. The summed E-state index contributed by atoms with van der Waals surface area (Å²) in [5.41, 5.74) is 3.28. The van der Waals surface area contributed by atoms with E-state index < -0.39 is 0 Å². The van der Waals surface area contributed by atoms with Gasteiger partial charge < -0.3 is 5.11 Å². The average molecular weight is 329 g/mol. The van der Waals surface area contributed by atoms with Crippen LogP contribution in [0.2, 0.25) is 0 Å². The van der Waals surface area contributed by atoms with Crippen molar-refractivity contribution >= 4 is 22.3 Å². The normalized spacial score (nSPS) is 14.6. The van der Waals surface area contributed by atoms with E-state index in [9.17, 15) is 9.90 Å². The zero-order valence-corrected chi connectivity index (χ0v) is 14.1. The van der Waals surface area contributed by atoms with E-state index in [0.717, 1.165) is 34.9 Å². The smallest absolute Gasteiger partial charge is 0.194 e. The van der Waals surface area contributed by atoms with Crippen molar-refractivity contribution in [1.82, 2.24) is 0 Å². The lowest BCUT2D eigenvalue weighted by Crippen LogP contribution is -2.22. The number of hydrogen-bond acceptors (Lipinski definition) is 3. The van der Waals surface area contributed by atoms with Crippen LogP contribution in [0.25, 0.3) is 10.8 Å². The number of carbonyl (C=O) groups excluding carboxylic acids is 1. The second-order valence-corrected chi connectivity index (χ2v) is 6.33. The molecule has 0 fully saturated rings. The number of fused-ring (bicyclic) bond motifs is 3. The molecule has 1 aliphatic carbocycles. The van der Waals surface area contributed by atoms with Gasteiger partial charge in [0.05, 0.1) is 11.3 Å². The fourth-order valence-corrected chi connectivity index (χ4v) is 3.43. The molecule has 3 aromatic rings. The van der Waals surface area contributed by atoms with Crippen molar-refractivity contribution in [3.05, 3.63) is 76.9 Å². The summed E-state index contributed by atoms with van der Waals surface area (Å²) in [6, 6.07) is 17.0. The molecule has 1 N–H and O–H groups in total. The SMILES string of the molecule is CCCCN=C1c2ccccc2C(=O)c2cc3ccccc3c(O)c21. The molecule has 0 atom stereocenters. The predicted octanol–water partition coefficient (Wildman–Crippen LogP) is 4.73. The van der Waals surface area contributed by atoms with Crippen molar-refractivity contribution in [2.75, 3.05) is 6.54 Å². The fraction of sp³-hybridized carbons (Fsp3) is 0.182. The summed E-state index contributed by atoms with van der Waals surface area (Å²) in [5, 5.41) is 12.5. The van der Waals surface area contributed by atoms with E-state index in [1.165, 1.54) is 0 Å². The van der Waals surface area contributed by atoms with E-state index in [0.29, 0.717) is 23.2 Å². The number of aliphatic imine (C=N–C) groups is 1. The lowest BCUT2D eigenvalue weighted by molar-refractivity contribution is 0.103. The van der Waals surface area contributed by atoms with E-state index >= 15 is 0 Å². The molecule has 1 aliphatic rings. The van der Waals surface area contributed by atoms with Crippen LogP contribution in [0.1, 0.15) is 46.8 Å². The van der Waals surface area contributed by atoms with Gasteiger partial charge in [-0.1, -0.05) is 61.9 Å². The van der Waals surface area contributed by atoms with Gasteiger partial charge in [-0.3, -0.25) is 9.79 Å². The highest BCUT2D eigenvalue weighted by molar-refractivity contribution is 6.32. The molecule has 0 unspecified atom stereocenters. The Morgan fingerprint density at radius 3 is 2.48 bits per heavy atom. The predicted molar refractivity (Wildman–Crippen MR) is 101 cm³/mol. The highest BCUT2D eigenvalue weighted by atomic mass is 16.3. The maximum Gasteiger partial charge on any atom is 0.194 e. The van der Waals surface area contributed by atoms with Crippen LogP contribution in [0.15, 0.2) is 59.6 Å². The van der Waals surface area contributed by atoms with E-state index in [4.69, 9.17) is 4.99 Å². The van der Waals surface area contributed by atoms with Gasteiger partial charge in [0, 0.05) is 28.6 Å². The van der Waals surface area contributed by atoms with E-state index in [1.54, 1.807) is 0 Å². The van der Waals surface area contributed by atoms with E-state index in [1.807, 2.05) is 54.6 Å². The molecule has 0 bridgehead atoms. The number of unbranched alkanes of at least 4 members (excludes halogenated alkanes) is 1. The van der Waals surface area contributed by atoms with Crippen molar-refractivity contribution in [3.8, 4) is 5.75 Å². The van der Waals surface area contributed by atoms with Gasteiger partial charge in [-0.25, -0.2) is 0 Å². The van der Waals surface area contributed by atoms with Crippen LogP contribution >= 0.6 is 0 Å². The van der Waals surface area contributed by atoms with Gasteiger partial charge in [0.25, 0.3) is 0 Å². The molecule has 4 rings (SSSR count). The Kier molecular flexibility index (Phi) is 3.85. The number of nitrogens with zero attached hydrogens (tertiary/aromatic N) is 1. The van der Waals surface area contributed by atoms with Crippen LogP contribution in [0.3, 0.4) is 0 Å². The van der Waals surface area contributed by atoms with Gasteiger partial charge in [-0.05, 0) is 17.9 Å². The average Bonchev–Trinajstić information content (AvgIpc) is 2.65. The summed E-state index contributed by atoms with van der Waals surface area (Å²) in [5.74, 6) is 0.0901. The van der Waals surface area contributed by atoms with Crippen molar-refractivity contribution in [2.45, 2.75) is 19.8 Å². The molecule has 0 amide bonds. The highest BCUT2D eigenvalue weighted by Gasteiger charge is 2.31. The molecule has 0 heterocycles. The molecule has 25 heavy (non-hydrogen) atoms. The Labute approximate surface area is 146 Å². The Morgan fingerprint density at radius 2 is 1.68 bits per heavy atom. The molecule has 0 aromatic heterocycles. The molecule has 3 nitrogen and oxygen atoms in total. The lowest BCUT2D eigenvalue weighted by Gasteiger charge is -2.22. The van der Waals surface area contributed by atoms with Crippen LogP contribution in [-0.2, 0) is 0 Å². The molecule has 3 heteroatoms. The Hall–Kier alpha value is -2.94. The van der Waals surface area contributed by atoms with Gasteiger partial charge in [-0.2, -0.15) is 0 Å². The van der Waals surface area contributed by atoms with Crippen LogP contribution in [-0.4, -0.2) is 23.1 Å². The molecule has 0 aliphatic heterocycles. The van der Waals surface area contributed by atoms with Crippen molar-refractivity contribution in [1.29, 1.82) is 0 Å². The number of phenols is 1. The van der Waals surface area contributed by atoms with Crippen LogP contribution in [0, 0.1) is 0 Å². The summed E-state index contributed by atoms with van der Waals surface area (Å²) in [6.07, 6.45) is 2.03. The number of hydrogen-bond donors (Lipinski definition) is 1. The maximum atomic E-state index is 13.0. The Balaban J connectivity index is 2.04. The number of benzene rings is 3. The highest BCUT2D eigenvalue weighted by Crippen LogP contribution is 2.38. The minimum absolute atomic E-state index is 0.0545. The maximum absolute atomic E-state index is 13.0. The summed E-state index contributed by atoms with van der Waals surface area (Å²) >= 11 is 0. The third kappa shape index (κ3) is 2.43. The largest absolute Gasteiger partial charge is 0.507 e.